The third-order valence-corrected chi connectivity index (χ3v) is 6.64. The summed E-state index contributed by atoms with van der Waals surface area (Å²) in [6, 6.07) is 17.6. The lowest BCUT2D eigenvalue weighted by Gasteiger charge is -2.33. The van der Waals surface area contributed by atoms with E-state index in [0.29, 0.717) is 6.54 Å². The second kappa shape index (κ2) is 6.81. The molecular weight excluding hydrogens is 396 g/mol. The minimum absolute atomic E-state index is 0.0353. The van der Waals surface area contributed by atoms with Crippen molar-refractivity contribution in [3.8, 4) is 0 Å². The lowest BCUT2D eigenvalue weighted by molar-refractivity contribution is -0.133. The summed E-state index contributed by atoms with van der Waals surface area (Å²) >= 11 is 1.57. The molecule has 4 heterocycles. The van der Waals surface area contributed by atoms with Crippen LogP contribution in [0.5, 0.6) is 0 Å². The maximum atomic E-state index is 13.4. The van der Waals surface area contributed by atoms with Gasteiger partial charge in [-0.1, -0.05) is 30.3 Å². The van der Waals surface area contributed by atoms with Crippen molar-refractivity contribution in [2.75, 3.05) is 6.54 Å². The standard InChI is InChI=1S/C23H18N4O2S/c28-21(12-20-26-15-6-2-4-8-19(15)30-20)27-10-9-16-22(25-13-24-16)23(27)18-11-14-5-1-3-7-17(14)29-18/h1-8,11,13,23H,9-10,12H2,(H,24,25)/t23-/m1/s1. The largest absolute Gasteiger partial charge is 0.458 e. The Hall–Kier alpha value is -3.45. The van der Waals surface area contributed by atoms with E-state index in [0.717, 1.165) is 49.8 Å². The molecule has 0 fully saturated rings. The van der Waals surface area contributed by atoms with E-state index in [9.17, 15) is 4.79 Å². The first-order chi connectivity index (χ1) is 14.8. The van der Waals surface area contributed by atoms with Crippen molar-refractivity contribution in [1.82, 2.24) is 19.9 Å². The molecule has 3 aromatic heterocycles. The Balaban J connectivity index is 1.37. The molecule has 148 valence electrons. The number of carbonyl (C=O) groups is 1. The van der Waals surface area contributed by atoms with Crippen molar-refractivity contribution in [2.45, 2.75) is 18.9 Å². The number of fused-ring (bicyclic) bond motifs is 3. The Bertz CT molecular complexity index is 1320. The summed E-state index contributed by atoms with van der Waals surface area (Å²) in [5.74, 6) is 0.773. The summed E-state index contributed by atoms with van der Waals surface area (Å²) < 4.78 is 7.25. The summed E-state index contributed by atoms with van der Waals surface area (Å²) in [5.41, 5.74) is 3.67. The third-order valence-electron chi connectivity index (χ3n) is 5.60. The normalized spacial score (nSPS) is 16.3. The van der Waals surface area contributed by atoms with Crippen molar-refractivity contribution < 1.29 is 9.21 Å². The number of carbonyl (C=O) groups excluding carboxylic acids is 1. The molecule has 0 radical (unpaired) electrons. The topological polar surface area (TPSA) is 75.0 Å². The molecule has 1 atom stereocenters. The summed E-state index contributed by atoms with van der Waals surface area (Å²) in [7, 11) is 0. The van der Waals surface area contributed by atoms with Crippen LogP contribution in [0.25, 0.3) is 21.2 Å². The number of hydrogen-bond donors (Lipinski definition) is 1. The third kappa shape index (κ3) is 2.81. The Labute approximate surface area is 176 Å². The summed E-state index contributed by atoms with van der Waals surface area (Å²) in [4.78, 5) is 27.7. The summed E-state index contributed by atoms with van der Waals surface area (Å²) in [6.07, 6.45) is 2.72. The number of H-pyrrole nitrogens is 1. The van der Waals surface area contributed by atoms with Gasteiger partial charge in [-0.3, -0.25) is 4.79 Å². The molecule has 0 unspecified atom stereocenters. The van der Waals surface area contributed by atoms with Crippen LogP contribution in [-0.2, 0) is 17.6 Å². The number of aromatic amines is 1. The van der Waals surface area contributed by atoms with E-state index in [2.05, 4.69) is 15.0 Å². The molecule has 1 aliphatic rings. The van der Waals surface area contributed by atoms with Crippen molar-refractivity contribution in [2.24, 2.45) is 0 Å². The molecule has 0 bridgehead atoms. The molecular formula is C23H18N4O2S. The first-order valence-corrected chi connectivity index (χ1v) is 10.7. The van der Waals surface area contributed by atoms with Crippen LogP contribution in [0.3, 0.4) is 0 Å². The van der Waals surface area contributed by atoms with Crippen molar-refractivity contribution >= 4 is 38.4 Å². The lowest BCUT2D eigenvalue weighted by Crippen LogP contribution is -2.41. The maximum absolute atomic E-state index is 13.4. The predicted octanol–water partition coefficient (Wildman–Crippen LogP) is 4.48. The van der Waals surface area contributed by atoms with E-state index < -0.39 is 0 Å². The van der Waals surface area contributed by atoms with Crippen LogP contribution >= 0.6 is 11.3 Å². The van der Waals surface area contributed by atoms with Gasteiger partial charge in [0.2, 0.25) is 5.91 Å². The average molecular weight is 414 g/mol. The zero-order valence-electron chi connectivity index (χ0n) is 16.0. The van der Waals surface area contributed by atoms with Crippen LogP contribution in [0.4, 0.5) is 0 Å². The number of thiazole rings is 1. The fourth-order valence-electron chi connectivity index (χ4n) is 4.20. The molecule has 1 N–H and O–H groups in total. The number of aromatic nitrogens is 3. The lowest BCUT2D eigenvalue weighted by atomic mass is 10.00. The van der Waals surface area contributed by atoms with Gasteiger partial charge in [-0.25, -0.2) is 9.97 Å². The number of benzene rings is 2. The van der Waals surface area contributed by atoms with Crippen LogP contribution in [-0.4, -0.2) is 32.3 Å². The van der Waals surface area contributed by atoms with Gasteiger partial charge in [-0.2, -0.15) is 0 Å². The second-order valence-electron chi connectivity index (χ2n) is 7.44. The van der Waals surface area contributed by atoms with Crippen LogP contribution in [0.15, 0.2) is 65.3 Å². The number of furan rings is 1. The molecule has 6 nitrogen and oxygen atoms in total. The van der Waals surface area contributed by atoms with E-state index in [1.807, 2.05) is 59.5 Å². The van der Waals surface area contributed by atoms with E-state index in [1.54, 1.807) is 17.7 Å². The first-order valence-electron chi connectivity index (χ1n) is 9.91. The Morgan fingerprint density at radius 2 is 2.07 bits per heavy atom. The zero-order valence-corrected chi connectivity index (χ0v) is 16.9. The summed E-state index contributed by atoms with van der Waals surface area (Å²) in [5, 5.41) is 1.85. The Morgan fingerprint density at radius 1 is 1.20 bits per heavy atom. The highest BCUT2D eigenvalue weighted by molar-refractivity contribution is 7.18. The molecule has 5 aromatic rings. The first kappa shape index (κ1) is 17.4. The summed E-state index contributed by atoms with van der Waals surface area (Å²) in [6.45, 7) is 0.612. The van der Waals surface area contributed by atoms with Crippen molar-refractivity contribution in [3.05, 3.63) is 83.1 Å². The van der Waals surface area contributed by atoms with E-state index in [1.165, 1.54) is 0 Å². The van der Waals surface area contributed by atoms with Gasteiger partial charge in [0.05, 0.1) is 28.7 Å². The van der Waals surface area contributed by atoms with Gasteiger partial charge < -0.3 is 14.3 Å². The van der Waals surface area contributed by atoms with E-state index in [-0.39, 0.29) is 18.4 Å². The van der Waals surface area contributed by atoms with Gasteiger partial charge in [-0.15, -0.1) is 11.3 Å². The van der Waals surface area contributed by atoms with E-state index >= 15 is 0 Å². The monoisotopic (exact) mass is 414 g/mol. The average Bonchev–Trinajstić information content (AvgIpc) is 3.49. The van der Waals surface area contributed by atoms with Gasteiger partial charge in [0.25, 0.3) is 0 Å². The smallest absolute Gasteiger partial charge is 0.230 e. The number of imidazole rings is 1. The Morgan fingerprint density at radius 3 is 2.97 bits per heavy atom. The van der Waals surface area contributed by atoms with Gasteiger partial charge in [0.15, 0.2) is 0 Å². The number of nitrogens with zero attached hydrogens (tertiary/aromatic N) is 3. The molecule has 2 aromatic carbocycles. The fraction of sp³-hybridized carbons (Fsp3) is 0.174. The van der Waals surface area contributed by atoms with Crippen LogP contribution < -0.4 is 0 Å². The molecule has 30 heavy (non-hydrogen) atoms. The van der Waals surface area contributed by atoms with Gasteiger partial charge in [-0.05, 0) is 24.3 Å². The number of amides is 1. The number of hydrogen-bond acceptors (Lipinski definition) is 5. The molecule has 0 saturated carbocycles. The zero-order chi connectivity index (χ0) is 20.1. The minimum atomic E-state index is -0.339. The minimum Gasteiger partial charge on any atom is -0.458 e. The quantitative estimate of drug-likeness (QED) is 0.472. The Kier molecular flexibility index (Phi) is 3.95. The van der Waals surface area contributed by atoms with Crippen LogP contribution in [0.1, 0.15) is 28.2 Å². The highest BCUT2D eigenvalue weighted by Gasteiger charge is 2.36. The molecule has 0 spiro atoms. The van der Waals surface area contributed by atoms with Crippen LogP contribution in [0, 0.1) is 0 Å². The van der Waals surface area contributed by atoms with Crippen molar-refractivity contribution in [3.63, 3.8) is 0 Å². The van der Waals surface area contributed by atoms with Gasteiger partial charge >= 0.3 is 0 Å². The molecule has 1 amide bonds. The molecule has 7 heteroatoms. The predicted molar refractivity (Wildman–Crippen MR) is 115 cm³/mol. The fourth-order valence-corrected chi connectivity index (χ4v) is 5.16. The van der Waals surface area contributed by atoms with Gasteiger partial charge in [0.1, 0.15) is 22.4 Å². The van der Waals surface area contributed by atoms with Crippen molar-refractivity contribution in [1.29, 1.82) is 0 Å². The number of para-hydroxylation sites is 2. The second-order valence-corrected chi connectivity index (χ2v) is 8.56. The SMILES string of the molecule is O=C(Cc1nc2ccccc2s1)N1CCc2[nH]cnc2[C@H]1c1cc2ccccc2o1. The molecule has 0 aliphatic carbocycles. The van der Waals surface area contributed by atoms with E-state index in [4.69, 9.17) is 4.42 Å². The van der Waals surface area contributed by atoms with Crippen LogP contribution in [0.2, 0.25) is 0 Å². The highest BCUT2D eigenvalue weighted by atomic mass is 32.1. The van der Waals surface area contributed by atoms with Gasteiger partial charge in [0, 0.05) is 24.0 Å². The number of nitrogens with one attached hydrogen (secondary N) is 1. The molecule has 0 saturated heterocycles. The molecule has 1 aliphatic heterocycles. The molecule has 6 rings (SSSR count). The highest BCUT2D eigenvalue weighted by Crippen LogP contribution is 2.36. The number of rotatable bonds is 3. The maximum Gasteiger partial charge on any atom is 0.230 e.